The number of likely N-dealkylation sites (N-methyl/N-ethyl adjacent to an activating group) is 1. The fraction of sp³-hybridized carbons (Fsp3) is 0.438. The maximum Gasteiger partial charge on any atom is 0.416 e. The number of amides is 1. The summed E-state index contributed by atoms with van der Waals surface area (Å²) >= 11 is 0. The van der Waals surface area contributed by atoms with Crippen molar-refractivity contribution < 1.29 is 32.2 Å². The number of benzene rings is 2. The van der Waals surface area contributed by atoms with Gasteiger partial charge in [0.2, 0.25) is 5.91 Å². The average Bonchev–Trinajstić information content (AvgIpc) is 3.27. The molecular formula is C32H33F3N2O4. The number of ether oxygens (including phenoxy) is 2. The van der Waals surface area contributed by atoms with Crippen LogP contribution in [0.15, 0.2) is 61.2 Å². The van der Waals surface area contributed by atoms with Gasteiger partial charge in [0.1, 0.15) is 17.5 Å². The lowest BCUT2D eigenvalue weighted by Gasteiger charge is -2.65. The fourth-order valence-corrected chi connectivity index (χ4v) is 8.02. The average molecular weight is 567 g/mol. The zero-order valence-electron chi connectivity index (χ0n) is 23.1. The van der Waals surface area contributed by atoms with E-state index in [2.05, 4.69) is 17.5 Å². The van der Waals surface area contributed by atoms with Crippen LogP contribution in [0.2, 0.25) is 0 Å². The minimum Gasteiger partial charge on any atom is -0.487 e. The highest BCUT2D eigenvalue weighted by molar-refractivity contribution is 5.92. The van der Waals surface area contributed by atoms with Crippen LogP contribution in [0, 0.1) is 0 Å². The third-order valence-electron chi connectivity index (χ3n) is 9.59. The molecule has 6 rings (SSSR count). The molecule has 0 aromatic heterocycles. The maximum atomic E-state index is 13.4. The molecule has 6 nitrogen and oxygen atoms in total. The van der Waals surface area contributed by atoms with Gasteiger partial charge in [-0.05, 0) is 61.1 Å². The summed E-state index contributed by atoms with van der Waals surface area (Å²) in [4.78, 5) is 30.1. The van der Waals surface area contributed by atoms with Crippen LogP contribution in [-0.2, 0) is 32.3 Å². The largest absolute Gasteiger partial charge is 0.487 e. The third kappa shape index (κ3) is 4.11. The number of rotatable bonds is 6. The number of alkyl halides is 3. The molecule has 2 heterocycles. The highest BCUT2D eigenvalue weighted by Crippen LogP contribution is 2.65. The van der Waals surface area contributed by atoms with E-state index in [4.69, 9.17) is 9.47 Å². The molecule has 2 aliphatic carbocycles. The number of esters is 1. The third-order valence-corrected chi connectivity index (χ3v) is 9.59. The Morgan fingerprint density at radius 1 is 1.20 bits per heavy atom. The molecule has 2 bridgehead atoms. The van der Waals surface area contributed by atoms with E-state index in [1.54, 1.807) is 11.9 Å². The Labute approximate surface area is 237 Å². The Bertz CT molecular complexity index is 1420. The van der Waals surface area contributed by atoms with Gasteiger partial charge in [-0.1, -0.05) is 30.3 Å². The van der Waals surface area contributed by atoms with Crippen molar-refractivity contribution in [2.75, 3.05) is 20.1 Å². The first-order valence-electron chi connectivity index (χ1n) is 14.0. The quantitative estimate of drug-likeness (QED) is 0.275. The monoisotopic (exact) mass is 566 g/mol. The minimum absolute atomic E-state index is 0.0494. The first-order valence-corrected chi connectivity index (χ1v) is 14.0. The molecule has 0 radical (unpaired) electrons. The zero-order valence-corrected chi connectivity index (χ0v) is 23.1. The second-order valence-electron chi connectivity index (χ2n) is 11.5. The van der Waals surface area contributed by atoms with Crippen molar-refractivity contribution in [3.8, 4) is 5.75 Å². The smallest absolute Gasteiger partial charge is 0.416 e. The molecule has 41 heavy (non-hydrogen) atoms. The summed E-state index contributed by atoms with van der Waals surface area (Å²) in [5.41, 5.74) is 0.628. The van der Waals surface area contributed by atoms with Crippen molar-refractivity contribution in [2.45, 2.75) is 68.0 Å². The van der Waals surface area contributed by atoms with Crippen LogP contribution in [0.1, 0.15) is 48.4 Å². The SMILES string of the molecule is C=CCN1CC[C@]23c4c5cccc4O[C@H]2[C@H](N(C)C(=O)C=Cc2ccc(C(F)(F)F)cc2)CC[C@@]3(OC(C)=O)[C@H]1C5. The van der Waals surface area contributed by atoms with E-state index in [0.29, 0.717) is 31.4 Å². The highest BCUT2D eigenvalue weighted by Gasteiger charge is 2.75. The predicted molar refractivity (Wildman–Crippen MR) is 147 cm³/mol. The molecule has 2 aromatic rings. The van der Waals surface area contributed by atoms with E-state index in [1.807, 2.05) is 18.2 Å². The molecule has 2 fully saturated rings. The lowest BCUT2D eigenvalue weighted by atomic mass is 9.48. The first kappa shape index (κ1) is 27.6. The molecule has 2 aliphatic heterocycles. The van der Waals surface area contributed by atoms with Gasteiger partial charge in [-0.15, -0.1) is 6.58 Å². The van der Waals surface area contributed by atoms with Gasteiger partial charge in [-0.2, -0.15) is 13.2 Å². The number of piperidine rings is 1. The Morgan fingerprint density at radius 2 is 1.95 bits per heavy atom. The summed E-state index contributed by atoms with van der Waals surface area (Å²) in [7, 11) is 1.74. The summed E-state index contributed by atoms with van der Waals surface area (Å²) in [6.45, 7) is 6.87. The van der Waals surface area contributed by atoms with Crippen molar-refractivity contribution in [1.82, 2.24) is 9.80 Å². The van der Waals surface area contributed by atoms with Gasteiger partial charge in [-0.3, -0.25) is 14.5 Å². The van der Waals surface area contributed by atoms with Gasteiger partial charge in [0.15, 0.2) is 0 Å². The van der Waals surface area contributed by atoms with E-state index in [0.717, 1.165) is 36.4 Å². The molecule has 1 saturated heterocycles. The molecule has 0 unspecified atom stereocenters. The molecular weight excluding hydrogens is 533 g/mol. The summed E-state index contributed by atoms with van der Waals surface area (Å²) < 4.78 is 51.9. The Kier molecular flexibility index (Phi) is 6.56. The van der Waals surface area contributed by atoms with Crippen LogP contribution in [0.4, 0.5) is 13.2 Å². The van der Waals surface area contributed by atoms with Crippen LogP contribution in [0.3, 0.4) is 0 Å². The number of halogens is 3. The van der Waals surface area contributed by atoms with E-state index < -0.39 is 28.9 Å². The van der Waals surface area contributed by atoms with Crippen LogP contribution < -0.4 is 4.74 Å². The van der Waals surface area contributed by atoms with Crippen molar-refractivity contribution in [3.63, 3.8) is 0 Å². The lowest BCUT2D eigenvalue weighted by Crippen LogP contribution is -2.79. The number of hydrogen-bond acceptors (Lipinski definition) is 5. The van der Waals surface area contributed by atoms with Gasteiger partial charge in [0.05, 0.1) is 23.1 Å². The Hall–Kier alpha value is -3.59. The standard InChI is InChI=1S/C32H33F3N2O4/c1-4-17-37-18-16-30-28-22-6-5-7-25(28)40-29(30)24(14-15-31(30,26(37)19-22)41-20(2)38)36(3)27(39)13-10-21-8-11-23(12-9-21)32(33,34)35/h4-13,24,26,29H,1,14-19H2,2-3H3/t24-,26-,29+,30+,31-/m1/s1. The molecule has 1 amide bonds. The highest BCUT2D eigenvalue weighted by atomic mass is 19.4. The Balaban J connectivity index is 1.34. The van der Waals surface area contributed by atoms with E-state index in [-0.39, 0.29) is 24.0 Å². The van der Waals surface area contributed by atoms with Crippen molar-refractivity contribution in [3.05, 3.63) is 83.4 Å². The van der Waals surface area contributed by atoms with Crippen LogP contribution in [0.25, 0.3) is 6.08 Å². The van der Waals surface area contributed by atoms with Crippen molar-refractivity contribution in [2.24, 2.45) is 0 Å². The van der Waals surface area contributed by atoms with Crippen LogP contribution in [-0.4, -0.2) is 65.6 Å². The normalized spacial score (nSPS) is 29.9. The molecule has 2 aromatic carbocycles. The predicted octanol–water partition coefficient (Wildman–Crippen LogP) is 5.16. The van der Waals surface area contributed by atoms with Crippen molar-refractivity contribution >= 4 is 18.0 Å². The Morgan fingerprint density at radius 3 is 2.63 bits per heavy atom. The molecule has 1 spiro atoms. The zero-order chi connectivity index (χ0) is 29.2. The number of nitrogens with zero attached hydrogens (tertiary/aromatic N) is 2. The van der Waals surface area contributed by atoms with Crippen LogP contribution >= 0.6 is 0 Å². The summed E-state index contributed by atoms with van der Waals surface area (Å²) in [5.74, 6) is 0.180. The molecule has 9 heteroatoms. The molecule has 0 N–H and O–H groups in total. The fourth-order valence-electron chi connectivity index (χ4n) is 8.02. The molecule has 4 aliphatic rings. The lowest BCUT2D eigenvalue weighted by molar-refractivity contribution is -0.222. The number of likely N-dealkylation sites (tertiary alicyclic amines) is 1. The van der Waals surface area contributed by atoms with Gasteiger partial charge in [0.25, 0.3) is 0 Å². The number of carbonyl (C=O) groups is 2. The van der Waals surface area contributed by atoms with Gasteiger partial charge in [0, 0.05) is 38.7 Å². The molecule has 5 atom stereocenters. The maximum absolute atomic E-state index is 13.4. The second-order valence-corrected chi connectivity index (χ2v) is 11.5. The van der Waals surface area contributed by atoms with Gasteiger partial charge in [-0.25, -0.2) is 0 Å². The first-order chi connectivity index (χ1) is 19.5. The molecule has 216 valence electrons. The van der Waals surface area contributed by atoms with E-state index in [9.17, 15) is 22.8 Å². The molecule has 1 saturated carbocycles. The van der Waals surface area contributed by atoms with Gasteiger partial charge < -0.3 is 14.4 Å². The van der Waals surface area contributed by atoms with Gasteiger partial charge >= 0.3 is 12.1 Å². The number of carbonyl (C=O) groups excluding carboxylic acids is 2. The van der Waals surface area contributed by atoms with Crippen LogP contribution in [0.5, 0.6) is 5.75 Å². The van der Waals surface area contributed by atoms with E-state index >= 15 is 0 Å². The number of hydrogen-bond donors (Lipinski definition) is 0. The summed E-state index contributed by atoms with van der Waals surface area (Å²) in [6.07, 6.45) is 2.54. The van der Waals surface area contributed by atoms with E-state index in [1.165, 1.54) is 36.8 Å². The summed E-state index contributed by atoms with van der Waals surface area (Å²) in [6, 6.07) is 10.4. The topological polar surface area (TPSA) is 59.1 Å². The second kappa shape index (κ2) is 9.76. The minimum atomic E-state index is -4.42. The van der Waals surface area contributed by atoms with Crippen molar-refractivity contribution in [1.29, 1.82) is 0 Å². The summed E-state index contributed by atoms with van der Waals surface area (Å²) in [5, 5.41) is 0.